The van der Waals surface area contributed by atoms with Gasteiger partial charge in [-0.2, -0.15) is 10.2 Å². The number of pyridine rings is 1. The molecule has 1 aliphatic rings. The fraction of sp³-hybridized carbons (Fsp3) is 0.263. The van der Waals surface area contributed by atoms with Crippen molar-refractivity contribution in [2.75, 3.05) is 11.5 Å². The van der Waals surface area contributed by atoms with Crippen LogP contribution in [0.15, 0.2) is 35.3 Å². The highest BCUT2D eigenvalue weighted by Crippen LogP contribution is 2.35. The molecule has 4 rings (SSSR count). The Morgan fingerprint density at radius 3 is 2.70 bits per heavy atom. The third-order valence-corrected chi connectivity index (χ3v) is 4.66. The van der Waals surface area contributed by atoms with Gasteiger partial charge in [0.25, 0.3) is 5.56 Å². The van der Waals surface area contributed by atoms with E-state index in [4.69, 9.17) is 28.3 Å². The molecule has 8 heteroatoms. The molecule has 0 spiro atoms. The lowest BCUT2D eigenvalue weighted by molar-refractivity contribution is 0.670. The number of hydrogen-bond donors (Lipinski definition) is 2. The summed E-state index contributed by atoms with van der Waals surface area (Å²) in [7, 11) is 0. The van der Waals surface area contributed by atoms with E-state index in [1.807, 2.05) is 22.8 Å². The lowest BCUT2D eigenvalue weighted by atomic mass is 10.1. The van der Waals surface area contributed by atoms with Crippen LogP contribution in [0.2, 0.25) is 5.02 Å². The van der Waals surface area contributed by atoms with Crippen molar-refractivity contribution in [3.05, 3.63) is 57.1 Å². The molecule has 0 amide bonds. The van der Waals surface area contributed by atoms with Crippen molar-refractivity contribution >= 4 is 34.1 Å². The number of nitrogen functional groups attached to an aromatic ring is 2. The number of hydrogen-bond acceptors (Lipinski definition) is 6. The first-order valence-corrected chi connectivity index (χ1v) is 8.94. The van der Waals surface area contributed by atoms with Crippen molar-refractivity contribution in [1.82, 2.24) is 14.5 Å². The fourth-order valence-corrected chi connectivity index (χ4v) is 3.15. The molecule has 0 aliphatic heterocycles. The molecular formula is C19H19ClN6O. The monoisotopic (exact) mass is 382 g/mol. The maximum absolute atomic E-state index is 12.5. The summed E-state index contributed by atoms with van der Waals surface area (Å²) in [6, 6.07) is 9.95. The Morgan fingerprint density at radius 2 is 2.11 bits per heavy atom. The SMILES string of the molecule is CCc1cc2cccc(Cl)c2c(=O)n1C1CC1.N#Cc1cnc(N)nc1N. The third kappa shape index (κ3) is 3.86. The Kier molecular flexibility index (Phi) is 5.28. The van der Waals surface area contributed by atoms with Crippen LogP contribution in [0.5, 0.6) is 0 Å². The highest BCUT2D eigenvalue weighted by atomic mass is 35.5. The van der Waals surface area contributed by atoms with Crippen LogP contribution in [0.3, 0.4) is 0 Å². The minimum absolute atomic E-state index is 0.0763. The molecule has 0 saturated heterocycles. The van der Waals surface area contributed by atoms with Crippen molar-refractivity contribution in [2.24, 2.45) is 0 Å². The average Bonchev–Trinajstić information content (AvgIpc) is 3.47. The first kappa shape index (κ1) is 18.7. The zero-order valence-electron chi connectivity index (χ0n) is 14.8. The van der Waals surface area contributed by atoms with Crippen LogP contribution in [0.4, 0.5) is 11.8 Å². The third-order valence-electron chi connectivity index (χ3n) is 4.34. The Balaban J connectivity index is 0.000000180. The summed E-state index contributed by atoms with van der Waals surface area (Å²) in [6.07, 6.45) is 4.40. The van der Waals surface area contributed by atoms with Crippen molar-refractivity contribution in [1.29, 1.82) is 5.26 Å². The molecule has 1 saturated carbocycles. The highest BCUT2D eigenvalue weighted by molar-refractivity contribution is 6.35. The number of benzene rings is 1. The van der Waals surface area contributed by atoms with Crippen molar-refractivity contribution in [3.63, 3.8) is 0 Å². The maximum atomic E-state index is 12.5. The minimum Gasteiger partial charge on any atom is -0.382 e. The quantitative estimate of drug-likeness (QED) is 0.701. The van der Waals surface area contributed by atoms with Crippen molar-refractivity contribution < 1.29 is 0 Å². The molecule has 3 aromatic rings. The number of nitrogens with two attached hydrogens (primary N) is 2. The molecule has 2 heterocycles. The van der Waals surface area contributed by atoms with Gasteiger partial charge < -0.3 is 16.0 Å². The summed E-state index contributed by atoms with van der Waals surface area (Å²) in [6.45, 7) is 2.09. The Bertz CT molecular complexity index is 1100. The van der Waals surface area contributed by atoms with E-state index in [1.165, 1.54) is 6.20 Å². The maximum Gasteiger partial charge on any atom is 0.260 e. The summed E-state index contributed by atoms with van der Waals surface area (Å²) in [5, 5.41) is 10.5. The van der Waals surface area contributed by atoms with E-state index in [9.17, 15) is 4.79 Å². The number of rotatable bonds is 2. The van der Waals surface area contributed by atoms with Crippen LogP contribution in [-0.4, -0.2) is 14.5 Å². The molecule has 0 atom stereocenters. The van der Waals surface area contributed by atoms with Gasteiger partial charge in [-0.25, -0.2) is 4.98 Å². The molecule has 1 aliphatic carbocycles. The lowest BCUT2D eigenvalue weighted by Crippen LogP contribution is -2.22. The zero-order chi connectivity index (χ0) is 19.6. The zero-order valence-corrected chi connectivity index (χ0v) is 15.6. The van der Waals surface area contributed by atoms with Gasteiger partial charge in [0.2, 0.25) is 5.95 Å². The summed E-state index contributed by atoms with van der Waals surface area (Å²) < 4.78 is 1.94. The lowest BCUT2D eigenvalue weighted by Gasteiger charge is -2.12. The van der Waals surface area contributed by atoms with Crippen LogP contribution < -0.4 is 17.0 Å². The molecule has 0 bridgehead atoms. The predicted molar refractivity (Wildman–Crippen MR) is 106 cm³/mol. The van der Waals surface area contributed by atoms with Crippen molar-refractivity contribution in [2.45, 2.75) is 32.2 Å². The van der Waals surface area contributed by atoms with Gasteiger partial charge in [-0.1, -0.05) is 30.7 Å². The number of anilines is 2. The first-order valence-electron chi connectivity index (χ1n) is 8.57. The summed E-state index contributed by atoms with van der Waals surface area (Å²) in [5.41, 5.74) is 11.9. The largest absolute Gasteiger partial charge is 0.382 e. The number of aryl methyl sites for hydroxylation is 1. The van der Waals surface area contributed by atoms with E-state index >= 15 is 0 Å². The van der Waals surface area contributed by atoms with Gasteiger partial charge in [-0.05, 0) is 36.8 Å². The van der Waals surface area contributed by atoms with Gasteiger partial charge in [-0.3, -0.25) is 4.79 Å². The number of nitriles is 1. The molecule has 4 N–H and O–H groups in total. The molecule has 0 radical (unpaired) electrons. The van der Waals surface area contributed by atoms with E-state index in [-0.39, 0.29) is 22.9 Å². The summed E-state index contributed by atoms with van der Waals surface area (Å²) in [4.78, 5) is 19.6. The second-order valence-corrected chi connectivity index (χ2v) is 6.65. The van der Waals surface area contributed by atoms with E-state index in [1.54, 1.807) is 6.07 Å². The molecular weight excluding hydrogens is 364 g/mol. The Hall–Kier alpha value is -3.11. The van der Waals surface area contributed by atoms with Crippen LogP contribution in [0, 0.1) is 11.3 Å². The second kappa shape index (κ2) is 7.64. The molecule has 1 fully saturated rings. The second-order valence-electron chi connectivity index (χ2n) is 6.24. The van der Waals surface area contributed by atoms with E-state index in [0.29, 0.717) is 16.5 Å². The first-order chi connectivity index (χ1) is 13.0. The van der Waals surface area contributed by atoms with Gasteiger partial charge in [0.1, 0.15) is 17.5 Å². The van der Waals surface area contributed by atoms with Gasteiger partial charge in [-0.15, -0.1) is 0 Å². The van der Waals surface area contributed by atoms with E-state index < -0.39 is 0 Å². The predicted octanol–water partition coefficient (Wildman–Crippen LogP) is 3.06. The molecule has 27 heavy (non-hydrogen) atoms. The van der Waals surface area contributed by atoms with E-state index in [0.717, 1.165) is 30.3 Å². The molecule has 7 nitrogen and oxygen atoms in total. The molecule has 0 unspecified atom stereocenters. The Morgan fingerprint density at radius 1 is 1.37 bits per heavy atom. The van der Waals surface area contributed by atoms with Gasteiger partial charge >= 0.3 is 0 Å². The number of halogens is 1. The standard InChI is InChI=1S/C14H14ClNO.C5H5N5/c1-2-10-8-9-4-3-5-12(15)13(9)14(17)16(10)11-6-7-11;6-1-3-2-9-5(8)10-4(3)7/h3-5,8,11H,2,6-7H2,1H3;2H,(H4,7,8,9,10). The topological polar surface area (TPSA) is 124 Å². The summed E-state index contributed by atoms with van der Waals surface area (Å²) in [5.74, 6) is 0.200. The average molecular weight is 383 g/mol. The highest BCUT2D eigenvalue weighted by Gasteiger charge is 2.27. The Labute approximate surface area is 161 Å². The number of aromatic nitrogens is 3. The molecule has 1 aromatic carbocycles. The molecule has 2 aromatic heterocycles. The van der Waals surface area contributed by atoms with Gasteiger partial charge in [0.15, 0.2) is 0 Å². The normalized spacial score (nSPS) is 12.9. The van der Waals surface area contributed by atoms with Crippen molar-refractivity contribution in [3.8, 4) is 6.07 Å². The van der Waals surface area contributed by atoms with Crippen LogP contribution >= 0.6 is 11.6 Å². The number of nitrogens with zero attached hydrogens (tertiary/aromatic N) is 4. The van der Waals surface area contributed by atoms with Gasteiger partial charge in [0.05, 0.1) is 16.6 Å². The molecule has 138 valence electrons. The van der Waals surface area contributed by atoms with Crippen LogP contribution in [-0.2, 0) is 6.42 Å². The summed E-state index contributed by atoms with van der Waals surface area (Å²) >= 11 is 6.14. The smallest absolute Gasteiger partial charge is 0.260 e. The number of fused-ring (bicyclic) bond motifs is 1. The van der Waals surface area contributed by atoms with Crippen LogP contribution in [0.25, 0.3) is 10.8 Å². The fourth-order valence-electron chi connectivity index (χ4n) is 2.89. The van der Waals surface area contributed by atoms with Gasteiger partial charge in [0, 0.05) is 11.7 Å². The van der Waals surface area contributed by atoms with E-state index in [2.05, 4.69) is 23.0 Å². The van der Waals surface area contributed by atoms with Crippen LogP contribution in [0.1, 0.15) is 37.1 Å². The minimum atomic E-state index is 0.0763.